The zero-order chi connectivity index (χ0) is 13.1. The number of anilines is 2. The minimum absolute atomic E-state index is 0.151. The SMILES string of the molecule is O=C(Nc1cccc(NC2CCCOC2)c1)C1CC1. The summed E-state index contributed by atoms with van der Waals surface area (Å²) in [5.74, 6) is 0.390. The number of ether oxygens (including phenoxy) is 1. The molecule has 1 aliphatic carbocycles. The van der Waals surface area contributed by atoms with Crippen LogP contribution >= 0.6 is 0 Å². The quantitative estimate of drug-likeness (QED) is 0.875. The number of hydrogen-bond donors (Lipinski definition) is 2. The number of nitrogens with one attached hydrogen (secondary N) is 2. The molecule has 1 aliphatic heterocycles. The van der Waals surface area contributed by atoms with Crippen molar-refractivity contribution in [3.05, 3.63) is 24.3 Å². The Bertz CT molecular complexity index is 451. The Morgan fingerprint density at radius 3 is 2.79 bits per heavy atom. The number of rotatable bonds is 4. The van der Waals surface area contributed by atoms with Gasteiger partial charge in [-0.1, -0.05) is 6.07 Å². The summed E-state index contributed by atoms with van der Waals surface area (Å²) in [4.78, 5) is 11.7. The maximum Gasteiger partial charge on any atom is 0.227 e. The van der Waals surface area contributed by atoms with E-state index in [0.29, 0.717) is 6.04 Å². The van der Waals surface area contributed by atoms with E-state index in [2.05, 4.69) is 10.6 Å². The van der Waals surface area contributed by atoms with E-state index < -0.39 is 0 Å². The van der Waals surface area contributed by atoms with Crippen molar-refractivity contribution in [1.29, 1.82) is 0 Å². The van der Waals surface area contributed by atoms with Gasteiger partial charge in [0.25, 0.3) is 0 Å². The Kier molecular flexibility index (Phi) is 3.69. The second kappa shape index (κ2) is 5.61. The summed E-state index contributed by atoms with van der Waals surface area (Å²) in [6.45, 7) is 1.63. The molecule has 0 bridgehead atoms. The first kappa shape index (κ1) is 12.5. The topological polar surface area (TPSA) is 50.4 Å². The fourth-order valence-corrected chi connectivity index (χ4v) is 2.37. The minimum Gasteiger partial charge on any atom is -0.380 e. The predicted molar refractivity (Wildman–Crippen MR) is 75.3 cm³/mol. The number of carbonyl (C=O) groups excluding carboxylic acids is 1. The predicted octanol–water partition coefficient (Wildman–Crippen LogP) is 2.63. The molecule has 102 valence electrons. The highest BCUT2D eigenvalue weighted by Crippen LogP contribution is 2.30. The number of hydrogen-bond acceptors (Lipinski definition) is 3. The minimum atomic E-state index is 0.151. The lowest BCUT2D eigenvalue weighted by atomic mass is 10.1. The van der Waals surface area contributed by atoms with Gasteiger partial charge in [-0.25, -0.2) is 0 Å². The lowest BCUT2D eigenvalue weighted by Crippen LogP contribution is -2.29. The molecular weight excluding hydrogens is 240 g/mol. The van der Waals surface area contributed by atoms with Gasteiger partial charge in [0.2, 0.25) is 5.91 Å². The average molecular weight is 260 g/mol. The van der Waals surface area contributed by atoms with Gasteiger partial charge >= 0.3 is 0 Å². The van der Waals surface area contributed by atoms with Gasteiger partial charge in [-0.3, -0.25) is 4.79 Å². The van der Waals surface area contributed by atoms with Crippen LogP contribution in [-0.2, 0) is 9.53 Å². The van der Waals surface area contributed by atoms with Gasteiger partial charge in [0.05, 0.1) is 6.61 Å². The lowest BCUT2D eigenvalue weighted by molar-refractivity contribution is -0.117. The van der Waals surface area contributed by atoms with Gasteiger partial charge < -0.3 is 15.4 Å². The van der Waals surface area contributed by atoms with E-state index in [1.807, 2.05) is 24.3 Å². The first-order chi connectivity index (χ1) is 9.31. The van der Waals surface area contributed by atoms with Gasteiger partial charge in [0, 0.05) is 29.9 Å². The van der Waals surface area contributed by atoms with Crippen molar-refractivity contribution in [1.82, 2.24) is 0 Å². The van der Waals surface area contributed by atoms with E-state index in [4.69, 9.17) is 4.74 Å². The molecule has 1 saturated heterocycles. The first-order valence-electron chi connectivity index (χ1n) is 7.06. The molecule has 1 atom stereocenters. The van der Waals surface area contributed by atoms with Gasteiger partial charge in [-0.2, -0.15) is 0 Å². The highest BCUT2D eigenvalue weighted by molar-refractivity contribution is 5.94. The molecule has 4 nitrogen and oxygen atoms in total. The summed E-state index contributed by atoms with van der Waals surface area (Å²) >= 11 is 0. The van der Waals surface area contributed by atoms with Crippen LogP contribution < -0.4 is 10.6 Å². The lowest BCUT2D eigenvalue weighted by Gasteiger charge is -2.24. The van der Waals surface area contributed by atoms with E-state index in [1.165, 1.54) is 0 Å². The van der Waals surface area contributed by atoms with Crippen LogP contribution in [0.15, 0.2) is 24.3 Å². The summed E-state index contributed by atoms with van der Waals surface area (Å²) in [5, 5.41) is 6.43. The molecular formula is C15H20N2O2. The fourth-order valence-electron chi connectivity index (χ4n) is 2.37. The molecule has 2 fully saturated rings. The second-order valence-corrected chi connectivity index (χ2v) is 5.40. The van der Waals surface area contributed by atoms with Crippen molar-refractivity contribution < 1.29 is 9.53 Å². The summed E-state index contributed by atoms with van der Waals surface area (Å²) < 4.78 is 5.46. The smallest absolute Gasteiger partial charge is 0.227 e. The van der Waals surface area contributed by atoms with Crippen molar-refractivity contribution in [2.45, 2.75) is 31.7 Å². The molecule has 1 saturated carbocycles. The maximum absolute atomic E-state index is 11.7. The van der Waals surface area contributed by atoms with Crippen LogP contribution in [0.4, 0.5) is 11.4 Å². The molecule has 1 amide bonds. The first-order valence-corrected chi connectivity index (χ1v) is 7.06. The zero-order valence-electron chi connectivity index (χ0n) is 11.0. The van der Waals surface area contributed by atoms with Crippen LogP contribution in [0, 0.1) is 5.92 Å². The number of amides is 1. The van der Waals surface area contributed by atoms with Crippen LogP contribution in [-0.4, -0.2) is 25.2 Å². The fraction of sp³-hybridized carbons (Fsp3) is 0.533. The van der Waals surface area contributed by atoms with E-state index in [-0.39, 0.29) is 11.8 Å². The van der Waals surface area contributed by atoms with Gasteiger partial charge in [-0.05, 0) is 43.9 Å². The van der Waals surface area contributed by atoms with Gasteiger partial charge in [0.1, 0.15) is 0 Å². The van der Waals surface area contributed by atoms with Crippen molar-refractivity contribution in [2.75, 3.05) is 23.8 Å². The third-order valence-corrected chi connectivity index (χ3v) is 3.61. The summed E-state index contributed by atoms with van der Waals surface area (Å²) in [6.07, 6.45) is 4.31. The molecule has 2 N–H and O–H groups in total. The molecule has 1 unspecified atom stereocenters. The summed E-state index contributed by atoms with van der Waals surface area (Å²) in [6, 6.07) is 8.30. The van der Waals surface area contributed by atoms with Crippen LogP contribution in [0.25, 0.3) is 0 Å². The molecule has 4 heteroatoms. The van der Waals surface area contributed by atoms with E-state index in [0.717, 1.165) is 50.3 Å². The molecule has 19 heavy (non-hydrogen) atoms. The molecule has 1 aromatic carbocycles. The highest BCUT2D eigenvalue weighted by atomic mass is 16.5. The Balaban J connectivity index is 1.60. The van der Waals surface area contributed by atoms with Crippen molar-refractivity contribution in [3.8, 4) is 0 Å². The average Bonchev–Trinajstić information content (AvgIpc) is 3.24. The second-order valence-electron chi connectivity index (χ2n) is 5.40. The molecule has 3 rings (SSSR count). The molecule has 0 radical (unpaired) electrons. The normalized spacial score (nSPS) is 22.8. The van der Waals surface area contributed by atoms with E-state index in [1.54, 1.807) is 0 Å². The largest absolute Gasteiger partial charge is 0.380 e. The molecule has 1 heterocycles. The Hall–Kier alpha value is -1.55. The van der Waals surface area contributed by atoms with E-state index >= 15 is 0 Å². The zero-order valence-corrected chi connectivity index (χ0v) is 11.0. The van der Waals surface area contributed by atoms with Gasteiger partial charge in [-0.15, -0.1) is 0 Å². The molecule has 2 aliphatic rings. The summed E-state index contributed by atoms with van der Waals surface area (Å²) in [7, 11) is 0. The van der Waals surface area contributed by atoms with Crippen LogP contribution in [0.3, 0.4) is 0 Å². The van der Waals surface area contributed by atoms with Crippen LogP contribution in [0.1, 0.15) is 25.7 Å². The van der Waals surface area contributed by atoms with Crippen LogP contribution in [0.5, 0.6) is 0 Å². The Morgan fingerprint density at radius 2 is 2.05 bits per heavy atom. The summed E-state index contributed by atoms with van der Waals surface area (Å²) in [5.41, 5.74) is 1.92. The van der Waals surface area contributed by atoms with Crippen molar-refractivity contribution in [3.63, 3.8) is 0 Å². The molecule has 0 aromatic heterocycles. The third kappa shape index (κ3) is 3.47. The molecule has 1 aromatic rings. The van der Waals surface area contributed by atoms with Gasteiger partial charge in [0.15, 0.2) is 0 Å². The maximum atomic E-state index is 11.7. The van der Waals surface area contributed by atoms with E-state index in [9.17, 15) is 4.79 Å². The molecule has 0 spiro atoms. The number of carbonyl (C=O) groups is 1. The Morgan fingerprint density at radius 1 is 1.21 bits per heavy atom. The Labute approximate surface area is 113 Å². The highest BCUT2D eigenvalue weighted by Gasteiger charge is 2.29. The monoisotopic (exact) mass is 260 g/mol. The number of benzene rings is 1. The van der Waals surface area contributed by atoms with Crippen molar-refractivity contribution >= 4 is 17.3 Å². The standard InChI is InChI=1S/C15H20N2O2/c18-15(11-6-7-11)17-13-4-1-3-12(9-13)16-14-5-2-8-19-10-14/h1,3-4,9,11,14,16H,2,5-8,10H2,(H,17,18). The van der Waals surface area contributed by atoms with Crippen LogP contribution in [0.2, 0.25) is 0 Å². The third-order valence-electron chi connectivity index (χ3n) is 3.61. The van der Waals surface area contributed by atoms with Crippen molar-refractivity contribution in [2.24, 2.45) is 5.92 Å².